The molecule has 0 aliphatic carbocycles. The van der Waals surface area contributed by atoms with Crippen LogP contribution >= 0.6 is 0 Å². The molecule has 6 aromatic rings. The molecule has 52 heavy (non-hydrogen) atoms. The molecule has 0 unspecified atom stereocenters. The van der Waals surface area contributed by atoms with Gasteiger partial charge in [0.1, 0.15) is 23.3 Å². The van der Waals surface area contributed by atoms with Crippen molar-refractivity contribution in [1.82, 2.24) is 25.4 Å². The van der Waals surface area contributed by atoms with Crippen LogP contribution in [0.25, 0.3) is 38.9 Å². The largest absolute Gasteiger partial charge is 0.465 e. The first-order valence-corrected chi connectivity index (χ1v) is 15.5. The molecule has 5 N–H and O–H groups in total. The van der Waals surface area contributed by atoms with E-state index < -0.39 is 35.2 Å². The summed E-state index contributed by atoms with van der Waals surface area (Å²) in [7, 11) is 2.59. The molecule has 0 radical (unpaired) electrons. The lowest BCUT2D eigenvalue weighted by molar-refractivity contribution is 0.0590. The van der Waals surface area contributed by atoms with Crippen LogP contribution in [-0.4, -0.2) is 50.9 Å². The van der Waals surface area contributed by atoms with Crippen LogP contribution in [0.1, 0.15) is 70.2 Å². The average Bonchev–Trinajstić information content (AvgIpc) is 3.58. The normalized spacial score (nSPS) is 10.7. The quantitative estimate of drug-likeness (QED) is 0.134. The monoisotopic (exact) mass is 721 g/mol. The topological polar surface area (TPSA) is 154 Å². The molecule has 4 heterocycles. The third kappa shape index (κ3) is 7.02. The Morgan fingerprint density at radius 2 is 1.06 bits per heavy atom. The Morgan fingerprint density at radius 1 is 0.673 bits per heavy atom. The van der Waals surface area contributed by atoms with Gasteiger partial charge in [-0.3, -0.25) is 0 Å². The fraction of sp³-hybridized carbons (Fsp3) is 0.211. The van der Waals surface area contributed by atoms with Gasteiger partial charge in [-0.25, -0.2) is 36.2 Å². The second-order valence-electron chi connectivity index (χ2n) is 11.9. The van der Waals surface area contributed by atoms with E-state index in [9.17, 15) is 27.2 Å². The summed E-state index contributed by atoms with van der Waals surface area (Å²) in [5.41, 5.74) is 4.72. The third-order valence-corrected chi connectivity index (χ3v) is 8.17. The van der Waals surface area contributed by atoms with E-state index in [1.807, 2.05) is 13.8 Å². The van der Waals surface area contributed by atoms with E-state index in [1.54, 1.807) is 49.6 Å². The summed E-state index contributed by atoms with van der Waals surface area (Å²) in [4.78, 5) is 24.1. The molecule has 6 rings (SSSR count). The highest BCUT2D eigenvalue weighted by Crippen LogP contribution is 2.36. The molecule has 0 atom stereocenters. The summed E-state index contributed by atoms with van der Waals surface area (Å²) >= 11 is 0. The van der Waals surface area contributed by atoms with Crippen LogP contribution in [0.3, 0.4) is 0 Å². The van der Waals surface area contributed by atoms with E-state index in [0.29, 0.717) is 56.1 Å². The molecule has 0 aliphatic heterocycles. The predicted octanol–water partition coefficient (Wildman–Crippen LogP) is 8.24. The molecule has 0 bridgehead atoms. The van der Waals surface area contributed by atoms with Gasteiger partial charge in [0, 0.05) is 11.1 Å². The van der Waals surface area contributed by atoms with Gasteiger partial charge >= 0.3 is 11.9 Å². The standard InChI is InChI=1S/C19H18F2N2O2.C19H16F2N2O2.H3N.H2O/c2*1-10(2)18-12(19(24)25-4)8-9-15-16(11(3)22-23(15)18)17-13(20)6-5-7-14(17)21;;/h5-10H,1-4H3;5-9H,1H2,2-4H3;1H3;1H2. The van der Waals surface area contributed by atoms with Gasteiger partial charge in [-0.1, -0.05) is 32.6 Å². The van der Waals surface area contributed by atoms with Crippen LogP contribution in [0.5, 0.6) is 0 Å². The number of halogens is 4. The Hall–Kier alpha value is -5.86. The number of esters is 2. The minimum absolute atomic E-state index is 0. The van der Waals surface area contributed by atoms with Crippen molar-refractivity contribution in [3.63, 3.8) is 0 Å². The summed E-state index contributed by atoms with van der Waals surface area (Å²) in [6, 6.07) is 13.9. The molecule has 274 valence electrons. The number of carbonyl (C=O) groups is 2. The van der Waals surface area contributed by atoms with Gasteiger partial charge in [0.2, 0.25) is 0 Å². The Balaban J connectivity index is 0.000000270. The maximum absolute atomic E-state index is 14.3. The fourth-order valence-corrected chi connectivity index (χ4v) is 6.08. The van der Waals surface area contributed by atoms with Gasteiger partial charge in [-0.05, 0) is 80.8 Å². The van der Waals surface area contributed by atoms with E-state index in [4.69, 9.17) is 9.47 Å². The summed E-state index contributed by atoms with van der Waals surface area (Å²) in [6.07, 6.45) is 0. The SMILES string of the molecule is C=C(C)c1c(C(=O)OC)ccc2c(-c3c(F)cccc3F)c(C)nn12.COC(=O)c1ccc2c(-c3c(F)cccc3F)c(C)nn2c1C(C)C.N.O. The van der Waals surface area contributed by atoms with E-state index in [0.717, 1.165) is 0 Å². The molecule has 14 heteroatoms. The van der Waals surface area contributed by atoms with Crippen LogP contribution in [0, 0.1) is 37.1 Å². The number of ether oxygens (including phenoxy) is 2. The number of aromatic nitrogens is 4. The highest BCUT2D eigenvalue weighted by atomic mass is 19.1. The minimum Gasteiger partial charge on any atom is -0.465 e. The Labute approximate surface area is 297 Å². The summed E-state index contributed by atoms with van der Waals surface area (Å²) < 4.78 is 69.8. The number of hydrogen-bond acceptors (Lipinski definition) is 7. The minimum atomic E-state index is -0.674. The Bertz CT molecular complexity index is 2290. The van der Waals surface area contributed by atoms with Crippen molar-refractivity contribution in [2.45, 2.75) is 40.5 Å². The molecule has 0 saturated heterocycles. The van der Waals surface area contributed by atoms with Gasteiger partial charge in [0.15, 0.2) is 0 Å². The van der Waals surface area contributed by atoms with Crippen molar-refractivity contribution < 1.29 is 42.1 Å². The number of methoxy groups -OCH3 is 2. The molecule has 10 nitrogen and oxygen atoms in total. The highest BCUT2D eigenvalue weighted by Gasteiger charge is 2.26. The molecule has 4 aromatic heterocycles. The molecule has 0 amide bonds. The van der Waals surface area contributed by atoms with Crippen LogP contribution in [0.2, 0.25) is 0 Å². The van der Waals surface area contributed by atoms with Crippen molar-refractivity contribution in [2.75, 3.05) is 14.2 Å². The van der Waals surface area contributed by atoms with Gasteiger partial charge in [-0.2, -0.15) is 10.2 Å². The van der Waals surface area contributed by atoms with Crippen molar-refractivity contribution in [1.29, 1.82) is 0 Å². The maximum Gasteiger partial charge on any atom is 0.340 e. The maximum atomic E-state index is 14.3. The smallest absolute Gasteiger partial charge is 0.340 e. The second-order valence-corrected chi connectivity index (χ2v) is 11.9. The lowest BCUT2D eigenvalue weighted by atomic mass is 10.00. The highest BCUT2D eigenvalue weighted by molar-refractivity contribution is 5.96. The predicted molar refractivity (Wildman–Crippen MR) is 191 cm³/mol. The van der Waals surface area contributed by atoms with E-state index in [-0.39, 0.29) is 34.2 Å². The zero-order valence-electron chi connectivity index (χ0n) is 29.7. The van der Waals surface area contributed by atoms with Crippen molar-refractivity contribution >= 4 is 28.5 Å². The van der Waals surface area contributed by atoms with Crippen LogP contribution < -0.4 is 6.15 Å². The number of nitrogens with zero attached hydrogens (tertiary/aromatic N) is 4. The lowest BCUT2D eigenvalue weighted by Gasteiger charge is -2.13. The van der Waals surface area contributed by atoms with Crippen LogP contribution in [0.15, 0.2) is 67.2 Å². The molecule has 0 spiro atoms. The third-order valence-electron chi connectivity index (χ3n) is 8.17. The Morgan fingerprint density at radius 3 is 1.46 bits per heavy atom. The first-order valence-electron chi connectivity index (χ1n) is 15.5. The lowest BCUT2D eigenvalue weighted by Crippen LogP contribution is -2.12. The first kappa shape index (κ1) is 40.6. The number of pyridine rings is 2. The summed E-state index contributed by atoms with van der Waals surface area (Å²) in [6.45, 7) is 12.8. The van der Waals surface area contributed by atoms with E-state index in [1.165, 1.54) is 55.1 Å². The van der Waals surface area contributed by atoms with Gasteiger partial charge < -0.3 is 21.1 Å². The molecular weight excluding hydrogens is 682 g/mol. The van der Waals surface area contributed by atoms with E-state index >= 15 is 0 Å². The Kier molecular flexibility index (Phi) is 12.5. The molecule has 2 aromatic carbocycles. The zero-order chi connectivity index (χ0) is 36.6. The summed E-state index contributed by atoms with van der Waals surface area (Å²) in [5, 5.41) is 8.83. The fourth-order valence-electron chi connectivity index (χ4n) is 6.08. The molecule has 0 aliphatic rings. The van der Waals surface area contributed by atoms with Crippen LogP contribution in [-0.2, 0) is 9.47 Å². The van der Waals surface area contributed by atoms with Gasteiger partial charge in [0.25, 0.3) is 0 Å². The molecule has 0 fully saturated rings. The van der Waals surface area contributed by atoms with Crippen molar-refractivity contribution in [2.24, 2.45) is 0 Å². The van der Waals surface area contributed by atoms with Crippen molar-refractivity contribution in [3.8, 4) is 22.3 Å². The number of fused-ring (bicyclic) bond motifs is 2. The number of hydrogen-bond donors (Lipinski definition) is 1. The second kappa shape index (κ2) is 16.0. The number of benzene rings is 2. The zero-order valence-corrected chi connectivity index (χ0v) is 29.7. The number of carbonyl (C=O) groups excluding carboxylic acids is 2. The van der Waals surface area contributed by atoms with E-state index in [2.05, 4.69) is 16.8 Å². The van der Waals surface area contributed by atoms with Crippen LogP contribution in [0.4, 0.5) is 17.6 Å². The summed E-state index contributed by atoms with van der Waals surface area (Å²) in [5.74, 6) is -3.71. The number of aryl methyl sites for hydroxylation is 2. The average molecular weight is 722 g/mol. The number of allylic oxidation sites excluding steroid dienone is 1. The first-order chi connectivity index (χ1) is 23.7. The molecule has 0 saturated carbocycles. The van der Waals surface area contributed by atoms with Gasteiger partial charge in [-0.15, -0.1) is 0 Å². The van der Waals surface area contributed by atoms with Crippen molar-refractivity contribution in [3.05, 3.63) is 124 Å². The molecular formula is C38H39F4N5O5. The number of rotatable bonds is 6. The van der Waals surface area contributed by atoms with Gasteiger partial charge in [0.05, 0.1) is 70.3 Å².